The highest BCUT2D eigenvalue weighted by Crippen LogP contribution is 2.34. The van der Waals surface area contributed by atoms with Crippen molar-refractivity contribution in [1.82, 2.24) is 0 Å². The Morgan fingerprint density at radius 3 is 1.89 bits per heavy atom. The molecule has 0 aromatic heterocycles. The maximum atomic E-state index is 12.6. The van der Waals surface area contributed by atoms with Crippen molar-refractivity contribution in [2.45, 2.75) is 9.79 Å². The second-order valence-electron chi connectivity index (χ2n) is 3.65. The maximum absolute atomic E-state index is 12.6. The van der Waals surface area contributed by atoms with Gasteiger partial charge in [0.05, 0.1) is 9.79 Å². The molecule has 0 heterocycles. The molecular weight excluding hydrogens is 528 g/mol. The molecule has 0 atom stereocenters. The number of rotatable bonds is 2. The van der Waals surface area contributed by atoms with E-state index in [1.54, 1.807) is 36.4 Å². The van der Waals surface area contributed by atoms with E-state index in [1.165, 1.54) is 0 Å². The SMILES string of the molecule is O=S(=O)(c1ccc(Br)cc1Br)c1cc(Br)ccc1Br. The van der Waals surface area contributed by atoms with Crippen molar-refractivity contribution in [2.75, 3.05) is 0 Å². The maximum Gasteiger partial charge on any atom is 0.208 e. The van der Waals surface area contributed by atoms with E-state index >= 15 is 0 Å². The molecule has 2 nitrogen and oxygen atoms in total. The van der Waals surface area contributed by atoms with E-state index in [4.69, 9.17) is 0 Å². The summed E-state index contributed by atoms with van der Waals surface area (Å²) in [6, 6.07) is 10.0. The van der Waals surface area contributed by atoms with E-state index in [9.17, 15) is 8.42 Å². The lowest BCUT2D eigenvalue weighted by Gasteiger charge is -2.09. The predicted molar refractivity (Wildman–Crippen MR) is 89.1 cm³/mol. The van der Waals surface area contributed by atoms with Gasteiger partial charge in [0.1, 0.15) is 0 Å². The van der Waals surface area contributed by atoms with Crippen LogP contribution in [0.3, 0.4) is 0 Å². The summed E-state index contributed by atoms with van der Waals surface area (Å²) in [6.45, 7) is 0. The van der Waals surface area contributed by atoms with Crippen molar-refractivity contribution < 1.29 is 8.42 Å². The zero-order chi connectivity index (χ0) is 14.2. The molecule has 2 rings (SSSR count). The lowest BCUT2D eigenvalue weighted by Crippen LogP contribution is -2.04. The fourth-order valence-electron chi connectivity index (χ4n) is 1.49. The van der Waals surface area contributed by atoms with Gasteiger partial charge < -0.3 is 0 Å². The van der Waals surface area contributed by atoms with Crippen molar-refractivity contribution in [3.8, 4) is 0 Å². The van der Waals surface area contributed by atoms with Crippen LogP contribution in [0.1, 0.15) is 0 Å². The molecular formula is C12H6Br4O2S. The Hall–Kier alpha value is 0.310. The zero-order valence-corrected chi connectivity index (χ0v) is 16.4. The summed E-state index contributed by atoms with van der Waals surface area (Å²) in [5, 5.41) is 0. The molecule has 0 aliphatic heterocycles. The first-order valence-electron chi connectivity index (χ1n) is 4.97. The smallest absolute Gasteiger partial charge is 0.208 e. The molecule has 0 bridgehead atoms. The molecule has 0 aliphatic carbocycles. The minimum atomic E-state index is -3.58. The van der Waals surface area contributed by atoms with Gasteiger partial charge in [0, 0.05) is 17.9 Å². The van der Waals surface area contributed by atoms with Crippen molar-refractivity contribution in [1.29, 1.82) is 0 Å². The van der Waals surface area contributed by atoms with Crippen molar-refractivity contribution in [2.24, 2.45) is 0 Å². The van der Waals surface area contributed by atoms with Gasteiger partial charge in [-0.3, -0.25) is 0 Å². The van der Waals surface area contributed by atoms with Crippen LogP contribution in [0, 0.1) is 0 Å². The highest BCUT2D eigenvalue weighted by atomic mass is 79.9. The van der Waals surface area contributed by atoms with Crippen LogP contribution in [0.15, 0.2) is 64.1 Å². The lowest BCUT2D eigenvalue weighted by atomic mass is 10.4. The average Bonchev–Trinajstić information content (AvgIpc) is 2.31. The standard InChI is InChI=1S/C12H6Br4O2S/c13-7-2-4-11(10(16)5-7)19(17,18)12-6-8(14)1-3-9(12)15/h1-6H. The third-order valence-corrected chi connectivity index (χ3v) is 7.08. The largest absolute Gasteiger partial charge is 0.218 e. The van der Waals surface area contributed by atoms with E-state index in [-0.39, 0.29) is 9.79 Å². The van der Waals surface area contributed by atoms with Gasteiger partial charge in [-0.2, -0.15) is 0 Å². The van der Waals surface area contributed by atoms with Gasteiger partial charge in [-0.15, -0.1) is 0 Å². The molecule has 2 aromatic carbocycles. The number of hydrogen-bond acceptors (Lipinski definition) is 2. The Balaban J connectivity index is 2.69. The van der Waals surface area contributed by atoms with E-state index in [0.29, 0.717) is 13.4 Å². The summed E-state index contributed by atoms with van der Waals surface area (Å²) in [5.74, 6) is 0. The predicted octanol–water partition coefficient (Wildman–Crippen LogP) is 5.57. The average molecular weight is 534 g/mol. The second-order valence-corrected chi connectivity index (χ2v) is 9.08. The van der Waals surface area contributed by atoms with Crippen molar-refractivity contribution in [3.63, 3.8) is 0 Å². The van der Waals surface area contributed by atoms with Crippen LogP contribution in [0.2, 0.25) is 0 Å². The summed E-state index contributed by atoms with van der Waals surface area (Å²) in [5.41, 5.74) is 0. The van der Waals surface area contributed by atoms with Gasteiger partial charge in [0.25, 0.3) is 0 Å². The zero-order valence-electron chi connectivity index (χ0n) is 9.20. The Morgan fingerprint density at radius 1 is 0.684 bits per heavy atom. The summed E-state index contributed by atoms with van der Waals surface area (Å²) in [6.07, 6.45) is 0. The van der Waals surface area contributed by atoms with Gasteiger partial charge in [0.2, 0.25) is 9.84 Å². The van der Waals surface area contributed by atoms with E-state index in [1.807, 2.05) is 0 Å². The molecule has 19 heavy (non-hydrogen) atoms. The number of halogens is 4. The van der Waals surface area contributed by atoms with Crippen LogP contribution in [0.4, 0.5) is 0 Å². The third-order valence-electron chi connectivity index (χ3n) is 2.37. The van der Waals surface area contributed by atoms with Crippen LogP contribution in [-0.4, -0.2) is 8.42 Å². The molecule has 7 heteroatoms. The number of hydrogen-bond donors (Lipinski definition) is 0. The first kappa shape index (κ1) is 15.7. The highest BCUT2D eigenvalue weighted by molar-refractivity contribution is 9.11. The van der Waals surface area contributed by atoms with Gasteiger partial charge in [0.15, 0.2) is 0 Å². The molecule has 0 amide bonds. The van der Waals surface area contributed by atoms with Crippen molar-refractivity contribution >= 4 is 73.6 Å². The molecule has 0 N–H and O–H groups in total. The van der Waals surface area contributed by atoms with E-state index in [0.717, 1.165) is 4.47 Å². The van der Waals surface area contributed by atoms with E-state index in [2.05, 4.69) is 63.7 Å². The Bertz CT molecular complexity index is 741. The molecule has 2 aromatic rings. The fourth-order valence-corrected chi connectivity index (χ4v) is 5.99. The Kier molecular flexibility index (Phi) is 4.93. The number of benzene rings is 2. The fraction of sp³-hybridized carbons (Fsp3) is 0. The quantitative estimate of drug-likeness (QED) is 0.506. The second kappa shape index (κ2) is 5.97. The summed E-state index contributed by atoms with van der Waals surface area (Å²) < 4.78 is 27.9. The Morgan fingerprint density at radius 2 is 1.26 bits per heavy atom. The molecule has 0 spiro atoms. The molecule has 0 saturated carbocycles. The molecule has 0 saturated heterocycles. The van der Waals surface area contributed by atoms with Crippen molar-refractivity contribution in [3.05, 3.63) is 54.3 Å². The normalized spacial score (nSPS) is 11.6. The first-order valence-corrected chi connectivity index (χ1v) is 9.63. The lowest BCUT2D eigenvalue weighted by molar-refractivity contribution is 0.595. The van der Waals surface area contributed by atoms with Crippen LogP contribution in [-0.2, 0) is 9.84 Å². The van der Waals surface area contributed by atoms with Crippen LogP contribution >= 0.6 is 63.7 Å². The minimum absolute atomic E-state index is 0.227. The van der Waals surface area contributed by atoms with Gasteiger partial charge in [-0.25, -0.2) is 8.42 Å². The van der Waals surface area contributed by atoms with Gasteiger partial charge in [-0.05, 0) is 68.3 Å². The molecule has 0 radical (unpaired) electrons. The van der Waals surface area contributed by atoms with Gasteiger partial charge in [-0.1, -0.05) is 31.9 Å². The van der Waals surface area contributed by atoms with Crippen LogP contribution in [0.5, 0.6) is 0 Å². The van der Waals surface area contributed by atoms with E-state index < -0.39 is 9.84 Å². The highest BCUT2D eigenvalue weighted by Gasteiger charge is 2.23. The first-order chi connectivity index (χ1) is 8.82. The molecule has 0 aliphatic rings. The Labute approximate surface area is 145 Å². The summed E-state index contributed by atoms with van der Waals surface area (Å²) >= 11 is 13.2. The number of sulfone groups is 1. The molecule has 0 fully saturated rings. The topological polar surface area (TPSA) is 34.1 Å². The molecule has 0 unspecified atom stereocenters. The monoisotopic (exact) mass is 530 g/mol. The van der Waals surface area contributed by atoms with Crippen LogP contribution < -0.4 is 0 Å². The van der Waals surface area contributed by atoms with Crippen LogP contribution in [0.25, 0.3) is 0 Å². The third kappa shape index (κ3) is 3.32. The minimum Gasteiger partial charge on any atom is -0.218 e. The van der Waals surface area contributed by atoms with Gasteiger partial charge >= 0.3 is 0 Å². The summed E-state index contributed by atoms with van der Waals surface area (Å²) in [7, 11) is -3.58. The molecule has 100 valence electrons. The summed E-state index contributed by atoms with van der Waals surface area (Å²) in [4.78, 5) is 0.458.